The predicted molar refractivity (Wildman–Crippen MR) is 62.1 cm³/mol. The molecule has 20 heavy (non-hydrogen) atoms. The summed E-state index contributed by atoms with van der Waals surface area (Å²) in [4.78, 5) is 11.8. The first-order valence-corrected chi connectivity index (χ1v) is 7.14. The van der Waals surface area contributed by atoms with E-state index in [1.54, 1.807) is 0 Å². The van der Waals surface area contributed by atoms with Gasteiger partial charge in [-0.1, -0.05) is 0 Å². The Morgan fingerprint density at radius 2 is 1.85 bits per heavy atom. The van der Waals surface area contributed by atoms with E-state index in [1.807, 2.05) is 0 Å². The molecule has 0 radical (unpaired) electrons. The lowest BCUT2D eigenvalue weighted by atomic mass is 9.95. The van der Waals surface area contributed by atoms with E-state index in [2.05, 4.69) is 4.18 Å². The van der Waals surface area contributed by atoms with Crippen molar-refractivity contribution in [2.75, 3.05) is 13.1 Å². The molecule has 0 unspecified atom stereocenters. The number of allylic oxidation sites excluding steroid dienone is 2. The number of amides is 1. The average Bonchev–Trinajstić information content (AvgIpc) is 2.34. The first kappa shape index (κ1) is 16.6. The van der Waals surface area contributed by atoms with Crippen molar-refractivity contribution in [1.82, 2.24) is 4.90 Å². The predicted octanol–water partition coefficient (Wildman–Crippen LogP) is 2.15. The zero-order chi connectivity index (χ0) is 15.6. The Bertz CT molecular complexity index is 492. The van der Waals surface area contributed by atoms with Crippen molar-refractivity contribution in [3.63, 3.8) is 0 Å². The van der Waals surface area contributed by atoms with Crippen LogP contribution in [-0.2, 0) is 14.3 Å². The van der Waals surface area contributed by atoms with Gasteiger partial charge < -0.3 is 14.2 Å². The van der Waals surface area contributed by atoms with Crippen LogP contribution >= 0.6 is 0 Å². The van der Waals surface area contributed by atoms with Gasteiger partial charge in [-0.2, -0.15) is 21.6 Å². The molecular formula is C10H14F3NO5S. The maximum absolute atomic E-state index is 12.2. The third-order valence-corrected chi connectivity index (χ3v) is 3.92. The van der Waals surface area contributed by atoms with Crippen LogP contribution in [0, 0.1) is 5.92 Å². The maximum Gasteiger partial charge on any atom is 0.534 e. The Balaban J connectivity index is 2.74. The molecule has 0 atom stereocenters. The molecule has 1 aliphatic rings. The van der Waals surface area contributed by atoms with E-state index in [4.69, 9.17) is 5.11 Å². The third-order valence-electron chi connectivity index (χ3n) is 2.94. The summed E-state index contributed by atoms with van der Waals surface area (Å²) >= 11 is 0. The Morgan fingerprint density at radius 3 is 2.20 bits per heavy atom. The SMILES string of the molecule is CC=C(OS(=O)(=O)C(F)(F)F)C1CCN(C(=O)O)CC1. The molecule has 0 spiro atoms. The lowest BCUT2D eigenvalue weighted by Crippen LogP contribution is -2.38. The van der Waals surface area contributed by atoms with Crippen molar-refractivity contribution in [3.05, 3.63) is 11.8 Å². The zero-order valence-electron chi connectivity index (χ0n) is 10.6. The maximum atomic E-state index is 12.2. The Hall–Kier alpha value is -1.45. The summed E-state index contributed by atoms with van der Waals surface area (Å²) in [5.74, 6) is -0.847. The number of alkyl halides is 3. The number of carbonyl (C=O) groups is 1. The van der Waals surface area contributed by atoms with Crippen LogP contribution < -0.4 is 0 Å². The number of nitrogens with zero attached hydrogens (tertiary/aromatic N) is 1. The van der Waals surface area contributed by atoms with Gasteiger partial charge in [0, 0.05) is 19.0 Å². The highest BCUT2D eigenvalue weighted by Gasteiger charge is 2.49. The molecule has 10 heteroatoms. The normalized spacial score (nSPS) is 19.0. The van der Waals surface area contributed by atoms with Gasteiger partial charge in [-0.25, -0.2) is 4.79 Å². The average molecular weight is 317 g/mol. The smallest absolute Gasteiger partial charge is 0.465 e. The van der Waals surface area contributed by atoms with Crippen molar-refractivity contribution in [3.8, 4) is 0 Å². The molecule has 1 amide bonds. The topological polar surface area (TPSA) is 83.9 Å². The van der Waals surface area contributed by atoms with Crippen LogP contribution in [0.5, 0.6) is 0 Å². The zero-order valence-corrected chi connectivity index (χ0v) is 11.4. The second kappa shape index (κ2) is 5.90. The first-order chi connectivity index (χ1) is 9.08. The second-order valence-electron chi connectivity index (χ2n) is 4.22. The number of rotatable bonds is 3. The number of carboxylic acid groups (broad SMARTS) is 1. The quantitative estimate of drug-likeness (QED) is 0.490. The lowest BCUT2D eigenvalue weighted by molar-refractivity contribution is -0.0528. The number of likely N-dealkylation sites (tertiary alicyclic amines) is 1. The molecule has 1 heterocycles. The monoisotopic (exact) mass is 317 g/mol. The minimum atomic E-state index is -5.69. The van der Waals surface area contributed by atoms with Gasteiger partial charge in [-0.05, 0) is 25.8 Å². The molecule has 1 saturated heterocycles. The summed E-state index contributed by atoms with van der Waals surface area (Å²) in [5, 5.41) is 8.75. The van der Waals surface area contributed by atoms with Gasteiger partial charge in [-0.15, -0.1) is 0 Å². The molecule has 0 aromatic carbocycles. The van der Waals surface area contributed by atoms with Gasteiger partial charge in [0.15, 0.2) is 0 Å². The summed E-state index contributed by atoms with van der Waals surface area (Å²) in [6, 6.07) is 0. The fraction of sp³-hybridized carbons (Fsp3) is 0.700. The van der Waals surface area contributed by atoms with Gasteiger partial charge in [0.1, 0.15) is 5.76 Å². The summed E-state index contributed by atoms with van der Waals surface area (Å²) < 4.78 is 62.7. The minimum absolute atomic E-state index is 0.118. The van der Waals surface area contributed by atoms with Gasteiger partial charge in [-0.3, -0.25) is 0 Å². The standard InChI is InChI=1S/C10H14F3NO5S/c1-2-8(19-20(17,18)10(11,12)13)7-3-5-14(6-4-7)9(15)16/h2,7H,3-6H2,1H3,(H,15,16). The second-order valence-corrected chi connectivity index (χ2v) is 5.76. The highest BCUT2D eigenvalue weighted by Crippen LogP contribution is 2.32. The van der Waals surface area contributed by atoms with Crippen LogP contribution in [0.25, 0.3) is 0 Å². The van der Waals surface area contributed by atoms with Gasteiger partial charge >= 0.3 is 21.7 Å². The van der Waals surface area contributed by atoms with Gasteiger partial charge in [0.2, 0.25) is 0 Å². The highest BCUT2D eigenvalue weighted by molar-refractivity contribution is 7.87. The minimum Gasteiger partial charge on any atom is -0.465 e. The highest BCUT2D eigenvalue weighted by atomic mass is 32.2. The summed E-state index contributed by atoms with van der Waals surface area (Å²) in [6.45, 7) is 1.60. The molecule has 116 valence electrons. The van der Waals surface area contributed by atoms with Crippen molar-refractivity contribution >= 4 is 16.2 Å². The number of halogens is 3. The fourth-order valence-corrected chi connectivity index (χ4v) is 2.46. The van der Waals surface area contributed by atoms with E-state index in [9.17, 15) is 26.4 Å². The molecule has 1 rings (SSSR count). The van der Waals surface area contributed by atoms with Crippen LogP contribution in [0.15, 0.2) is 11.8 Å². The van der Waals surface area contributed by atoms with E-state index < -0.39 is 27.6 Å². The molecule has 0 aliphatic carbocycles. The molecule has 0 aromatic rings. The molecule has 1 fully saturated rings. The fourth-order valence-electron chi connectivity index (χ4n) is 1.88. The third kappa shape index (κ3) is 3.78. The molecule has 0 bridgehead atoms. The van der Waals surface area contributed by atoms with Gasteiger partial charge in [0.05, 0.1) is 0 Å². The Kier molecular flexibility index (Phi) is 4.90. The molecule has 1 aliphatic heterocycles. The number of hydrogen-bond donors (Lipinski definition) is 1. The summed E-state index contributed by atoms with van der Waals surface area (Å²) in [7, 11) is -5.69. The molecule has 6 nitrogen and oxygen atoms in total. The van der Waals surface area contributed by atoms with Crippen molar-refractivity contribution in [2.45, 2.75) is 25.3 Å². The van der Waals surface area contributed by atoms with Crippen LogP contribution in [0.3, 0.4) is 0 Å². The van der Waals surface area contributed by atoms with Crippen molar-refractivity contribution in [2.24, 2.45) is 5.92 Å². The summed E-state index contributed by atoms with van der Waals surface area (Å²) in [5.41, 5.74) is -5.48. The van der Waals surface area contributed by atoms with E-state index in [-0.39, 0.29) is 31.7 Å². The van der Waals surface area contributed by atoms with Crippen LogP contribution in [0.4, 0.5) is 18.0 Å². The molecular weight excluding hydrogens is 303 g/mol. The lowest BCUT2D eigenvalue weighted by Gasteiger charge is -2.30. The summed E-state index contributed by atoms with van der Waals surface area (Å²) in [6.07, 6.45) is 0.456. The molecule has 0 saturated carbocycles. The van der Waals surface area contributed by atoms with Gasteiger partial charge in [0.25, 0.3) is 0 Å². The van der Waals surface area contributed by atoms with E-state index in [0.717, 1.165) is 11.0 Å². The van der Waals surface area contributed by atoms with E-state index in [0.29, 0.717) is 0 Å². The van der Waals surface area contributed by atoms with E-state index in [1.165, 1.54) is 6.92 Å². The Morgan fingerprint density at radius 1 is 1.35 bits per heavy atom. The number of hydrogen-bond acceptors (Lipinski definition) is 4. The molecule has 1 N–H and O–H groups in total. The van der Waals surface area contributed by atoms with Crippen LogP contribution in [0.2, 0.25) is 0 Å². The largest absolute Gasteiger partial charge is 0.534 e. The van der Waals surface area contributed by atoms with Crippen LogP contribution in [-0.4, -0.2) is 43.1 Å². The molecule has 0 aromatic heterocycles. The Labute approximate surface area is 113 Å². The van der Waals surface area contributed by atoms with Crippen molar-refractivity contribution < 1.29 is 35.7 Å². The number of piperidine rings is 1. The first-order valence-electron chi connectivity index (χ1n) is 5.73. The van der Waals surface area contributed by atoms with E-state index >= 15 is 0 Å². The van der Waals surface area contributed by atoms with Crippen molar-refractivity contribution in [1.29, 1.82) is 0 Å². The van der Waals surface area contributed by atoms with Crippen LogP contribution in [0.1, 0.15) is 19.8 Å².